The molecule has 2 nitrogen and oxygen atoms in total. The molecule has 90 valence electrons. The molecule has 1 saturated heterocycles. The van der Waals surface area contributed by atoms with Crippen LogP contribution in [0, 0.1) is 5.92 Å². The zero-order valence-corrected chi connectivity index (χ0v) is 9.41. The van der Waals surface area contributed by atoms with Crippen molar-refractivity contribution < 1.29 is 13.2 Å². The van der Waals surface area contributed by atoms with Crippen LogP contribution in [0.1, 0.15) is 27.2 Å². The SMILES string of the molecule is CC(C)(C)NCC1NCCC1C(F)(F)F. The van der Waals surface area contributed by atoms with Crippen LogP contribution < -0.4 is 10.6 Å². The Bertz CT molecular complexity index is 208. The summed E-state index contributed by atoms with van der Waals surface area (Å²) in [5, 5.41) is 6.01. The fraction of sp³-hybridized carbons (Fsp3) is 1.00. The van der Waals surface area contributed by atoms with Gasteiger partial charge >= 0.3 is 6.18 Å². The Hall–Kier alpha value is -0.290. The molecule has 0 aromatic carbocycles. The minimum Gasteiger partial charge on any atom is -0.312 e. The molecule has 1 aliphatic rings. The summed E-state index contributed by atoms with van der Waals surface area (Å²) in [5.41, 5.74) is -0.138. The quantitative estimate of drug-likeness (QED) is 0.748. The van der Waals surface area contributed by atoms with E-state index in [1.54, 1.807) is 0 Å². The maximum Gasteiger partial charge on any atom is 0.393 e. The molecule has 0 aromatic rings. The molecule has 1 fully saturated rings. The van der Waals surface area contributed by atoms with Gasteiger partial charge in [0.15, 0.2) is 0 Å². The molecule has 0 spiro atoms. The van der Waals surface area contributed by atoms with E-state index in [9.17, 15) is 13.2 Å². The van der Waals surface area contributed by atoms with Gasteiger partial charge in [-0.1, -0.05) is 0 Å². The third-order valence-corrected chi connectivity index (χ3v) is 2.62. The van der Waals surface area contributed by atoms with Crippen LogP contribution in [0.2, 0.25) is 0 Å². The summed E-state index contributed by atoms with van der Waals surface area (Å²) in [6, 6.07) is -0.482. The van der Waals surface area contributed by atoms with Gasteiger partial charge in [0.05, 0.1) is 5.92 Å². The monoisotopic (exact) mass is 224 g/mol. The Morgan fingerprint density at radius 3 is 2.33 bits per heavy atom. The lowest BCUT2D eigenvalue weighted by atomic mass is 9.99. The lowest BCUT2D eigenvalue weighted by Gasteiger charge is -2.27. The van der Waals surface area contributed by atoms with Crippen molar-refractivity contribution in [2.45, 2.75) is 44.9 Å². The maximum absolute atomic E-state index is 12.6. The van der Waals surface area contributed by atoms with Gasteiger partial charge in [0, 0.05) is 18.1 Å². The molecule has 0 radical (unpaired) electrons. The molecule has 5 heteroatoms. The predicted octanol–water partition coefficient (Wildman–Crippen LogP) is 1.91. The zero-order valence-electron chi connectivity index (χ0n) is 9.41. The summed E-state index contributed by atoms with van der Waals surface area (Å²) in [6.45, 7) is 6.67. The van der Waals surface area contributed by atoms with Gasteiger partial charge in [0.25, 0.3) is 0 Å². The second-order valence-electron chi connectivity index (χ2n) is 5.13. The molecule has 0 saturated carbocycles. The molecule has 1 rings (SSSR count). The summed E-state index contributed by atoms with van der Waals surface area (Å²) in [5.74, 6) is -1.20. The topological polar surface area (TPSA) is 24.1 Å². The van der Waals surface area contributed by atoms with E-state index in [0.29, 0.717) is 13.1 Å². The van der Waals surface area contributed by atoms with E-state index in [1.807, 2.05) is 20.8 Å². The number of hydrogen-bond donors (Lipinski definition) is 2. The number of hydrogen-bond acceptors (Lipinski definition) is 2. The first-order valence-corrected chi connectivity index (χ1v) is 5.25. The van der Waals surface area contributed by atoms with E-state index in [2.05, 4.69) is 10.6 Å². The van der Waals surface area contributed by atoms with Gasteiger partial charge < -0.3 is 10.6 Å². The molecule has 0 bridgehead atoms. The molecule has 0 aliphatic carbocycles. The van der Waals surface area contributed by atoms with Crippen LogP contribution in [0.5, 0.6) is 0 Å². The maximum atomic E-state index is 12.6. The second-order valence-corrected chi connectivity index (χ2v) is 5.13. The van der Waals surface area contributed by atoms with Crippen LogP contribution in [0.25, 0.3) is 0 Å². The lowest BCUT2D eigenvalue weighted by molar-refractivity contribution is -0.176. The van der Waals surface area contributed by atoms with E-state index in [4.69, 9.17) is 0 Å². The van der Waals surface area contributed by atoms with Gasteiger partial charge in [-0.05, 0) is 33.7 Å². The third-order valence-electron chi connectivity index (χ3n) is 2.62. The Morgan fingerprint density at radius 1 is 1.27 bits per heavy atom. The molecule has 2 unspecified atom stereocenters. The van der Waals surface area contributed by atoms with Crippen LogP contribution in [0.4, 0.5) is 13.2 Å². The van der Waals surface area contributed by atoms with Crippen molar-refractivity contribution in [1.29, 1.82) is 0 Å². The van der Waals surface area contributed by atoms with Crippen molar-refractivity contribution in [2.24, 2.45) is 5.92 Å². The molecular weight excluding hydrogens is 205 g/mol. The van der Waals surface area contributed by atoms with Gasteiger partial charge in [-0.2, -0.15) is 13.2 Å². The van der Waals surface area contributed by atoms with Crippen molar-refractivity contribution >= 4 is 0 Å². The summed E-state index contributed by atoms with van der Waals surface area (Å²) in [6.07, 6.45) is -3.88. The second kappa shape index (κ2) is 4.29. The minimum absolute atomic E-state index is 0.138. The molecule has 1 heterocycles. The largest absolute Gasteiger partial charge is 0.393 e. The average molecular weight is 224 g/mol. The van der Waals surface area contributed by atoms with E-state index in [0.717, 1.165) is 0 Å². The standard InChI is InChI=1S/C10H19F3N2/c1-9(2,3)15-6-8-7(4-5-14-8)10(11,12)13/h7-8,14-15H,4-6H2,1-3H3. The molecule has 15 heavy (non-hydrogen) atoms. The zero-order chi connectivity index (χ0) is 11.7. The first-order valence-electron chi connectivity index (χ1n) is 5.25. The highest BCUT2D eigenvalue weighted by atomic mass is 19.4. The molecule has 0 amide bonds. The highest BCUT2D eigenvalue weighted by molar-refractivity contribution is 4.90. The van der Waals surface area contributed by atoms with Gasteiger partial charge in [-0.25, -0.2) is 0 Å². The molecule has 2 N–H and O–H groups in total. The van der Waals surface area contributed by atoms with Crippen LogP contribution in [-0.2, 0) is 0 Å². The fourth-order valence-corrected chi connectivity index (χ4v) is 1.79. The molecule has 0 aromatic heterocycles. The highest BCUT2D eigenvalue weighted by Gasteiger charge is 2.46. The Kier molecular flexibility index (Phi) is 3.66. The molecule has 2 atom stereocenters. The highest BCUT2D eigenvalue weighted by Crippen LogP contribution is 2.34. The first kappa shape index (κ1) is 12.8. The van der Waals surface area contributed by atoms with Crippen molar-refractivity contribution in [3.63, 3.8) is 0 Å². The van der Waals surface area contributed by atoms with Gasteiger partial charge in [-0.3, -0.25) is 0 Å². The fourth-order valence-electron chi connectivity index (χ4n) is 1.79. The summed E-state index contributed by atoms with van der Waals surface area (Å²) < 4.78 is 37.7. The van der Waals surface area contributed by atoms with Crippen LogP contribution in [0.15, 0.2) is 0 Å². The summed E-state index contributed by atoms with van der Waals surface area (Å²) in [7, 11) is 0. The van der Waals surface area contributed by atoms with Gasteiger partial charge in [-0.15, -0.1) is 0 Å². The van der Waals surface area contributed by atoms with Crippen molar-refractivity contribution in [1.82, 2.24) is 10.6 Å². The Labute approximate surface area is 88.6 Å². The van der Waals surface area contributed by atoms with Crippen LogP contribution >= 0.6 is 0 Å². The van der Waals surface area contributed by atoms with E-state index in [-0.39, 0.29) is 12.0 Å². The summed E-state index contributed by atoms with van der Waals surface area (Å²) in [4.78, 5) is 0. The van der Waals surface area contributed by atoms with Crippen LogP contribution in [-0.4, -0.2) is 30.8 Å². The number of halogens is 3. The Morgan fingerprint density at radius 2 is 1.87 bits per heavy atom. The van der Waals surface area contributed by atoms with E-state index >= 15 is 0 Å². The van der Waals surface area contributed by atoms with E-state index < -0.39 is 18.1 Å². The normalized spacial score (nSPS) is 28.4. The third kappa shape index (κ3) is 3.99. The smallest absolute Gasteiger partial charge is 0.312 e. The lowest BCUT2D eigenvalue weighted by Crippen LogP contribution is -2.48. The first-order chi connectivity index (χ1) is 6.70. The molecular formula is C10H19F3N2. The van der Waals surface area contributed by atoms with Crippen LogP contribution in [0.3, 0.4) is 0 Å². The number of alkyl halides is 3. The average Bonchev–Trinajstić information content (AvgIpc) is 2.45. The van der Waals surface area contributed by atoms with E-state index in [1.165, 1.54) is 0 Å². The Balaban J connectivity index is 2.48. The van der Waals surface area contributed by atoms with Crippen molar-refractivity contribution in [2.75, 3.05) is 13.1 Å². The van der Waals surface area contributed by atoms with Crippen molar-refractivity contribution in [3.05, 3.63) is 0 Å². The van der Waals surface area contributed by atoms with Gasteiger partial charge in [0.1, 0.15) is 0 Å². The number of nitrogens with one attached hydrogen (secondary N) is 2. The van der Waals surface area contributed by atoms with Crippen molar-refractivity contribution in [3.8, 4) is 0 Å². The molecule has 1 aliphatic heterocycles. The predicted molar refractivity (Wildman–Crippen MR) is 53.7 cm³/mol. The number of rotatable bonds is 2. The van der Waals surface area contributed by atoms with Gasteiger partial charge in [0.2, 0.25) is 0 Å². The minimum atomic E-state index is -4.08. The summed E-state index contributed by atoms with van der Waals surface area (Å²) >= 11 is 0.